The third-order valence-corrected chi connectivity index (χ3v) is 4.82. The van der Waals surface area contributed by atoms with E-state index in [1.807, 2.05) is 23.1 Å². The minimum Gasteiger partial charge on any atom is -0.465 e. The van der Waals surface area contributed by atoms with Gasteiger partial charge in [-0.1, -0.05) is 6.07 Å². The smallest absolute Gasteiger partial charge is 0.337 e. The molecular weight excluding hydrogens is 306 g/mol. The highest BCUT2D eigenvalue weighted by Crippen LogP contribution is 2.19. The van der Waals surface area contributed by atoms with Crippen LogP contribution in [0.25, 0.3) is 0 Å². The highest BCUT2D eigenvalue weighted by atomic mass is 16.5. The zero-order chi connectivity index (χ0) is 16.9. The summed E-state index contributed by atoms with van der Waals surface area (Å²) in [7, 11) is 1.38. The number of ether oxygens (including phenoxy) is 1. The number of nitrogens with zero attached hydrogens (tertiary/aromatic N) is 1. The minimum atomic E-state index is -0.330. The van der Waals surface area contributed by atoms with Crippen molar-refractivity contribution in [2.24, 2.45) is 0 Å². The van der Waals surface area contributed by atoms with Gasteiger partial charge in [0.25, 0.3) is 0 Å². The number of anilines is 1. The van der Waals surface area contributed by atoms with Crippen LogP contribution in [0.4, 0.5) is 5.69 Å². The molecule has 2 N–H and O–H groups in total. The van der Waals surface area contributed by atoms with Crippen LogP contribution in [0.15, 0.2) is 24.3 Å². The molecule has 24 heavy (non-hydrogen) atoms. The predicted octanol–water partition coefficient (Wildman–Crippen LogP) is 1.63. The Labute approximate surface area is 142 Å². The number of likely N-dealkylation sites (tertiary alicyclic amines) is 1. The molecule has 1 aromatic carbocycles. The number of benzene rings is 1. The van der Waals surface area contributed by atoms with Gasteiger partial charge in [-0.2, -0.15) is 0 Å². The van der Waals surface area contributed by atoms with E-state index < -0.39 is 0 Å². The Hall–Kier alpha value is -2.08. The van der Waals surface area contributed by atoms with Gasteiger partial charge in [0.05, 0.1) is 18.7 Å². The van der Waals surface area contributed by atoms with E-state index >= 15 is 0 Å². The van der Waals surface area contributed by atoms with Gasteiger partial charge in [-0.3, -0.25) is 4.79 Å². The molecule has 0 bridgehead atoms. The van der Waals surface area contributed by atoms with Gasteiger partial charge in [0, 0.05) is 24.8 Å². The number of hydrogen-bond donors (Lipinski definition) is 2. The fourth-order valence-electron chi connectivity index (χ4n) is 3.45. The fraction of sp³-hybridized carbons (Fsp3) is 0.556. The molecule has 3 rings (SSSR count). The van der Waals surface area contributed by atoms with E-state index in [1.165, 1.54) is 7.11 Å². The summed E-state index contributed by atoms with van der Waals surface area (Å²) in [6.45, 7) is 2.52. The molecular formula is C18H25N3O3. The molecule has 6 nitrogen and oxygen atoms in total. The van der Waals surface area contributed by atoms with Gasteiger partial charge in [-0.05, 0) is 50.4 Å². The lowest BCUT2D eigenvalue weighted by Gasteiger charge is -2.34. The topological polar surface area (TPSA) is 70.7 Å². The van der Waals surface area contributed by atoms with Crippen molar-refractivity contribution in [2.75, 3.05) is 32.1 Å². The number of hydrogen-bond acceptors (Lipinski definition) is 5. The SMILES string of the molecule is COC(=O)c1cccc(NC2CCN(C(=O)C3CCCN3)CC2)c1. The summed E-state index contributed by atoms with van der Waals surface area (Å²) < 4.78 is 4.75. The maximum Gasteiger partial charge on any atom is 0.337 e. The highest BCUT2D eigenvalue weighted by Gasteiger charge is 2.29. The Morgan fingerprint density at radius 1 is 1.25 bits per heavy atom. The van der Waals surface area contributed by atoms with Gasteiger partial charge in [0.1, 0.15) is 0 Å². The van der Waals surface area contributed by atoms with Crippen molar-refractivity contribution in [2.45, 2.75) is 37.8 Å². The van der Waals surface area contributed by atoms with Crippen LogP contribution in [0.2, 0.25) is 0 Å². The van der Waals surface area contributed by atoms with Crippen molar-refractivity contribution in [1.29, 1.82) is 0 Å². The summed E-state index contributed by atoms with van der Waals surface area (Å²) in [5.74, 6) is -0.0817. The Balaban J connectivity index is 1.52. The Bertz CT molecular complexity index is 591. The van der Waals surface area contributed by atoms with Gasteiger partial charge >= 0.3 is 5.97 Å². The second-order valence-electron chi connectivity index (χ2n) is 6.47. The first-order chi connectivity index (χ1) is 11.7. The van der Waals surface area contributed by atoms with Gasteiger partial charge < -0.3 is 20.3 Å². The van der Waals surface area contributed by atoms with Crippen molar-refractivity contribution >= 4 is 17.6 Å². The van der Waals surface area contributed by atoms with Crippen LogP contribution in [0, 0.1) is 0 Å². The van der Waals surface area contributed by atoms with Crippen molar-refractivity contribution in [3.05, 3.63) is 29.8 Å². The molecule has 1 unspecified atom stereocenters. The van der Waals surface area contributed by atoms with Crippen LogP contribution in [-0.2, 0) is 9.53 Å². The van der Waals surface area contributed by atoms with Crippen molar-refractivity contribution in [3.8, 4) is 0 Å². The number of rotatable bonds is 4. The van der Waals surface area contributed by atoms with E-state index in [-0.39, 0.29) is 17.9 Å². The molecule has 6 heteroatoms. The molecule has 2 aliphatic heterocycles. The predicted molar refractivity (Wildman–Crippen MR) is 92.0 cm³/mol. The largest absolute Gasteiger partial charge is 0.465 e. The maximum absolute atomic E-state index is 12.4. The van der Waals surface area contributed by atoms with E-state index in [2.05, 4.69) is 10.6 Å². The number of amides is 1. The first kappa shape index (κ1) is 16.8. The first-order valence-corrected chi connectivity index (χ1v) is 8.64. The van der Waals surface area contributed by atoms with E-state index in [4.69, 9.17) is 4.74 Å². The summed E-state index contributed by atoms with van der Waals surface area (Å²) in [6, 6.07) is 7.69. The van der Waals surface area contributed by atoms with Gasteiger partial charge in [-0.15, -0.1) is 0 Å². The van der Waals surface area contributed by atoms with Crippen LogP contribution in [0.5, 0.6) is 0 Å². The van der Waals surface area contributed by atoms with Crippen LogP contribution in [0.3, 0.4) is 0 Å². The zero-order valence-corrected chi connectivity index (χ0v) is 14.1. The van der Waals surface area contributed by atoms with Gasteiger partial charge in [0.2, 0.25) is 5.91 Å². The molecule has 0 radical (unpaired) electrons. The number of methoxy groups -OCH3 is 1. The van der Waals surface area contributed by atoms with Crippen LogP contribution in [-0.4, -0.2) is 55.6 Å². The molecule has 0 aliphatic carbocycles. The van der Waals surface area contributed by atoms with Crippen molar-refractivity contribution in [1.82, 2.24) is 10.2 Å². The van der Waals surface area contributed by atoms with Crippen LogP contribution >= 0.6 is 0 Å². The third kappa shape index (κ3) is 3.87. The van der Waals surface area contributed by atoms with E-state index in [0.29, 0.717) is 11.6 Å². The minimum absolute atomic E-state index is 0.0197. The molecule has 130 valence electrons. The lowest BCUT2D eigenvalue weighted by Crippen LogP contribution is -2.48. The van der Waals surface area contributed by atoms with Crippen molar-refractivity contribution in [3.63, 3.8) is 0 Å². The highest BCUT2D eigenvalue weighted by molar-refractivity contribution is 5.90. The standard InChI is InChI=1S/C18H25N3O3/c1-24-18(23)13-4-2-5-15(12-13)20-14-7-10-21(11-8-14)17(22)16-6-3-9-19-16/h2,4-5,12,14,16,19-20H,3,6-11H2,1H3. The number of piperidine rings is 1. The molecule has 0 spiro atoms. The number of carbonyl (C=O) groups is 2. The second kappa shape index (κ2) is 7.66. The lowest BCUT2D eigenvalue weighted by atomic mass is 10.0. The molecule has 2 saturated heterocycles. The summed E-state index contributed by atoms with van der Waals surface area (Å²) in [4.78, 5) is 26.0. The number of nitrogens with one attached hydrogen (secondary N) is 2. The maximum atomic E-state index is 12.4. The van der Waals surface area contributed by atoms with Gasteiger partial charge in [-0.25, -0.2) is 4.79 Å². The Morgan fingerprint density at radius 2 is 2.04 bits per heavy atom. The Kier molecular flexibility index (Phi) is 5.35. The normalized spacial score (nSPS) is 21.5. The molecule has 1 aromatic rings. The summed E-state index contributed by atoms with van der Waals surface area (Å²) in [6.07, 6.45) is 3.88. The quantitative estimate of drug-likeness (QED) is 0.821. The summed E-state index contributed by atoms with van der Waals surface area (Å²) >= 11 is 0. The Morgan fingerprint density at radius 3 is 2.71 bits per heavy atom. The summed E-state index contributed by atoms with van der Waals surface area (Å²) in [5, 5.41) is 6.74. The van der Waals surface area contributed by atoms with E-state index in [0.717, 1.165) is 51.0 Å². The lowest BCUT2D eigenvalue weighted by molar-refractivity contribution is -0.134. The van der Waals surface area contributed by atoms with E-state index in [9.17, 15) is 9.59 Å². The fourth-order valence-corrected chi connectivity index (χ4v) is 3.45. The molecule has 0 saturated carbocycles. The number of esters is 1. The molecule has 0 aromatic heterocycles. The monoisotopic (exact) mass is 331 g/mol. The van der Waals surface area contributed by atoms with Crippen LogP contribution < -0.4 is 10.6 Å². The zero-order valence-electron chi connectivity index (χ0n) is 14.1. The first-order valence-electron chi connectivity index (χ1n) is 8.64. The molecule has 2 aliphatic rings. The van der Waals surface area contributed by atoms with E-state index in [1.54, 1.807) is 6.07 Å². The summed E-state index contributed by atoms with van der Waals surface area (Å²) in [5.41, 5.74) is 1.46. The second-order valence-corrected chi connectivity index (χ2v) is 6.47. The van der Waals surface area contributed by atoms with Crippen LogP contribution in [0.1, 0.15) is 36.0 Å². The average Bonchev–Trinajstić information content (AvgIpc) is 3.16. The molecule has 2 heterocycles. The molecule has 1 amide bonds. The third-order valence-electron chi connectivity index (χ3n) is 4.82. The molecule has 1 atom stereocenters. The van der Waals surface area contributed by atoms with Crippen molar-refractivity contribution < 1.29 is 14.3 Å². The average molecular weight is 331 g/mol. The molecule has 2 fully saturated rings. The number of carbonyl (C=O) groups excluding carboxylic acids is 2. The van der Waals surface area contributed by atoms with Gasteiger partial charge in [0.15, 0.2) is 0 Å².